The predicted octanol–water partition coefficient (Wildman–Crippen LogP) is 0.673. The lowest BCUT2D eigenvalue weighted by molar-refractivity contribution is -0.130. The van der Waals surface area contributed by atoms with E-state index in [0.29, 0.717) is 18.7 Å². The Morgan fingerprint density at radius 1 is 1.17 bits per heavy atom. The van der Waals surface area contributed by atoms with Crippen molar-refractivity contribution in [3.8, 4) is 5.75 Å². The van der Waals surface area contributed by atoms with Crippen LogP contribution in [0.4, 0.5) is 0 Å². The molecule has 10 nitrogen and oxygen atoms in total. The van der Waals surface area contributed by atoms with E-state index in [1.54, 1.807) is 24.3 Å². The maximum atomic E-state index is 13.0. The quantitative estimate of drug-likeness (QED) is 0.417. The maximum absolute atomic E-state index is 13.0. The Morgan fingerprint density at radius 3 is 2.63 bits per heavy atom. The molecule has 0 saturated carbocycles. The molecule has 0 bridgehead atoms. The van der Waals surface area contributed by atoms with E-state index in [0.717, 1.165) is 13.0 Å². The van der Waals surface area contributed by atoms with Crippen molar-refractivity contribution in [2.45, 2.75) is 51.6 Å². The van der Waals surface area contributed by atoms with Crippen molar-refractivity contribution in [3.05, 3.63) is 29.8 Å². The van der Waals surface area contributed by atoms with E-state index in [-0.39, 0.29) is 55.2 Å². The van der Waals surface area contributed by atoms with Gasteiger partial charge in [0, 0.05) is 13.0 Å². The second-order valence-corrected chi connectivity index (χ2v) is 9.40. The van der Waals surface area contributed by atoms with E-state index >= 15 is 0 Å². The number of amides is 4. The van der Waals surface area contributed by atoms with Gasteiger partial charge in [0.05, 0.1) is 12.1 Å². The zero-order chi connectivity index (χ0) is 25.8. The Hall–Kier alpha value is -3.14. The molecule has 0 aliphatic carbocycles. The molecule has 0 radical (unpaired) electrons. The van der Waals surface area contributed by atoms with E-state index in [4.69, 9.17) is 4.74 Å². The topological polar surface area (TPSA) is 129 Å². The summed E-state index contributed by atoms with van der Waals surface area (Å²) in [5.74, 6) is -0.918. The van der Waals surface area contributed by atoms with Crippen molar-refractivity contribution in [1.29, 1.82) is 0 Å². The van der Waals surface area contributed by atoms with E-state index in [9.17, 15) is 19.2 Å². The van der Waals surface area contributed by atoms with Gasteiger partial charge in [-0.05, 0) is 58.0 Å². The van der Waals surface area contributed by atoms with Crippen LogP contribution in [0, 0.1) is 5.92 Å². The lowest BCUT2D eigenvalue weighted by atomic mass is 10.0. The van der Waals surface area contributed by atoms with Gasteiger partial charge in [0.25, 0.3) is 5.91 Å². The van der Waals surface area contributed by atoms with E-state index < -0.39 is 18.0 Å². The molecular formula is C25H39N5O5. The average molecular weight is 490 g/mol. The molecule has 2 atom stereocenters. The maximum Gasteiger partial charge on any atom is 0.255 e. The molecule has 0 spiro atoms. The molecule has 2 rings (SSSR count). The summed E-state index contributed by atoms with van der Waals surface area (Å²) in [6.45, 7) is 5.57. The molecule has 0 fully saturated rings. The Labute approximate surface area is 207 Å². The summed E-state index contributed by atoms with van der Waals surface area (Å²) in [5.41, 5.74) is 0.279. The van der Waals surface area contributed by atoms with Crippen LogP contribution in [0.1, 0.15) is 49.9 Å². The number of carbonyl (C=O) groups excluding carboxylic acids is 4. The Morgan fingerprint density at radius 2 is 1.91 bits per heavy atom. The van der Waals surface area contributed by atoms with Crippen molar-refractivity contribution < 1.29 is 23.9 Å². The zero-order valence-corrected chi connectivity index (χ0v) is 21.2. The van der Waals surface area contributed by atoms with E-state index in [1.807, 2.05) is 32.8 Å². The van der Waals surface area contributed by atoms with Crippen LogP contribution in [0.5, 0.6) is 5.75 Å². The molecule has 35 heavy (non-hydrogen) atoms. The molecule has 194 valence electrons. The van der Waals surface area contributed by atoms with E-state index in [1.165, 1.54) is 0 Å². The second-order valence-electron chi connectivity index (χ2n) is 9.40. The van der Waals surface area contributed by atoms with Gasteiger partial charge in [-0.1, -0.05) is 26.0 Å². The largest absolute Gasteiger partial charge is 0.491 e. The summed E-state index contributed by atoms with van der Waals surface area (Å²) < 4.78 is 5.75. The third kappa shape index (κ3) is 9.94. The number of rotatable bonds is 7. The van der Waals surface area contributed by atoms with Gasteiger partial charge in [0.15, 0.2) is 0 Å². The SMILES string of the molecule is CC(C)C[C@@H]1NC(=O)CC[C@@H](C(=O)NCCCN(C)C)NC(=O)c2ccccc2OCCNC1=O. The van der Waals surface area contributed by atoms with Crippen LogP contribution in [0.25, 0.3) is 0 Å². The molecule has 10 heteroatoms. The van der Waals surface area contributed by atoms with Gasteiger partial charge >= 0.3 is 0 Å². The van der Waals surface area contributed by atoms with Gasteiger partial charge in [-0.3, -0.25) is 19.2 Å². The second kappa shape index (κ2) is 14.3. The lowest BCUT2D eigenvalue weighted by Crippen LogP contribution is -2.49. The molecule has 4 amide bonds. The first kappa shape index (κ1) is 28.1. The third-order valence-electron chi connectivity index (χ3n) is 5.51. The molecule has 0 aromatic heterocycles. The van der Waals surface area contributed by atoms with Crippen molar-refractivity contribution in [2.24, 2.45) is 5.92 Å². The number of carbonyl (C=O) groups is 4. The zero-order valence-electron chi connectivity index (χ0n) is 21.2. The standard InChI is InChI=1S/C25H39N5O5/c1-17(2)16-20-25(34)27-13-15-35-21-9-6-5-8-18(21)23(32)29-19(10-11-22(31)28-20)24(33)26-12-7-14-30(3)4/h5-6,8-9,17,19-20H,7,10-16H2,1-4H3,(H,26,33)(H,27,34)(H,28,31)(H,29,32)/t19-,20-/m0/s1. The van der Waals surface area contributed by atoms with Gasteiger partial charge in [-0.15, -0.1) is 0 Å². The highest BCUT2D eigenvalue weighted by Gasteiger charge is 2.26. The Kier molecular flexibility index (Phi) is 11.5. The normalized spacial score (nSPS) is 20.0. The first-order valence-corrected chi connectivity index (χ1v) is 12.2. The summed E-state index contributed by atoms with van der Waals surface area (Å²) in [6, 6.07) is 5.12. The minimum absolute atomic E-state index is 0.0178. The molecule has 0 saturated heterocycles. The minimum atomic E-state index is -0.914. The average Bonchev–Trinajstić information content (AvgIpc) is 2.80. The highest BCUT2D eigenvalue weighted by molar-refractivity contribution is 5.99. The smallest absolute Gasteiger partial charge is 0.255 e. The minimum Gasteiger partial charge on any atom is -0.491 e. The van der Waals surface area contributed by atoms with Gasteiger partial charge < -0.3 is 30.9 Å². The van der Waals surface area contributed by atoms with Crippen molar-refractivity contribution in [1.82, 2.24) is 26.2 Å². The van der Waals surface area contributed by atoms with Crippen LogP contribution in [0.15, 0.2) is 24.3 Å². The fourth-order valence-corrected chi connectivity index (χ4v) is 3.72. The molecule has 1 heterocycles. The number of hydrogen-bond donors (Lipinski definition) is 4. The number of nitrogens with zero attached hydrogens (tertiary/aromatic N) is 1. The van der Waals surface area contributed by atoms with Crippen LogP contribution in [-0.2, 0) is 14.4 Å². The molecule has 1 aromatic carbocycles. The number of benzene rings is 1. The number of para-hydroxylation sites is 1. The van der Waals surface area contributed by atoms with Gasteiger partial charge in [0.2, 0.25) is 17.7 Å². The Balaban J connectivity index is 2.21. The van der Waals surface area contributed by atoms with Crippen LogP contribution in [0.3, 0.4) is 0 Å². The third-order valence-corrected chi connectivity index (χ3v) is 5.51. The van der Waals surface area contributed by atoms with Gasteiger partial charge in [0.1, 0.15) is 24.4 Å². The molecular weight excluding hydrogens is 450 g/mol. The van der Waals surface area contributed by atoms with Crippen molar-refractivity contribution in [2.75, 3.05) is 40.3 Å². The van der Waals surface area contributed by atoms with Crippen LogP contribution in [0.2, 0.25) is 0 Å². The van der Waals surface area contributed by atoms with Crippen LogP contribution < -0.4 is 26.0 Å². The molecule has 1 aromatic rings. The summed E-state index contributed by atoms with van der Waals surface area (Å²) in [4.78, 5) is 53.3. The van der Waals surface area contributed by atoms with Crippen molar-refractivity contribution >= 4 is 23.6 Å². The summed E-state index contributed by atoms with van der Waals surface area (Å²) >= 11 is 0. The van der Waals surface area contributed by atoms with Crippen LogP contribution >= 0.6 is 0 Å². The first-order chi connectivity index (χ1) is 16.7. The Bertz CT molecular complexity index is 874. The lowest BCUT2D eigenvalue weighted by Gasteiger charge is -2.21. The fourth-order valence-electron chi connectivity index (χ4n) is 3.72. The van der Waals surface area contributed by atoms with Crippen LogP contribution in [-0.4, -0.2) is 80.9 Å². The van der Waals surface area contributed by atoms with Gasteiger partial charge in [-0.2, -0.15) is 0 Å². The van der Waals surface area contributed by atoms with Crippen molar-refractivity contribution in [3.63, 3.8) is 0 Å². The highest BCUT2D eigenvalue weighted by Crippen LogP contribution is 2.18. The number of fused-ring (bicyclic) bond motifs is 1. The molecule has 0 unspecified atom stereocenters. The summed E-state index contributed by atoms with van der Waals surface area (Å²) in [5, 5.41) is 11.2. The van der Waals surface area contributed by atoms with Gasteiger partial charge in [-0.25, -0.2) is 0 Å². The number of ether oxygens (including phenoxy) is 1. The number of hydrogen-bond acceptors (Lipinski definition) is 6. The predicted molar refractivity (Wildman–Crippen MR) is 133 cm³/mol. The molecule has 4 N–H and O–H groups in total. The molecule has 1 aliphatic heterocycles. The molecule has 1 aliphatic rings. The fraction of sp³-hybridized carbons (Fsp3) is 0.600. The summed E-state index contributed by atoms with van der Waals surface area (Å²) in [7, 11) is 3.90. The highest BCUT2D eigenvalue weighted by atomic mass is 16.5. The summed E-state index contributed by atoms with van der Waals surface area (Å²) in [6.07, 6.45) is 1.31. The number of nitrogens with one attached hydrogen (secondary N) is 4. The first-order valence-electron chi connectivity index (χ1n) is 12.2. The van der Waals surface area contributed by atoms with E-state index in [2.05, 4.69) is 21.3 Å². The monoisotopic (exact) mass is 489 g/mol.